The van der Waals surface area contributed by atoms with Crippen LogP contribution in [0, 0.1) is 0 Å². The van der Waals surface area contributed by atoms with Crippen molar-refractivity contribution in [3.63, 3.8) is 0 Å². The molecule has 24 heavy (non-hydrogen) atoms. The summed E-state index contributed by atoms with van der Waals surface area (Å²) in [7, 11) is 3.28. The van der Waals surface area contributed by atoms with E-state index >= 15 is 0 Å². The van der Waals surface area contributed by atoms with Gasteiger partial charge in [0.2, 0.25) is 5.91 Å². The summed E-state index contributed by atoms with van der Waals surface area (Å²) in [6.45, 7) is 2.12. The van der Waals surface area contributed by atoms with Crippen molar-refractivity contribution < 1.29 is 14.3 Å². The van der Waals surface area contributed by atoms with Crippen molar-refractivity contribution >= 4 is 23.4 Å². The number of rotatable bonds is 5. The molecule has 5 heteroatoms. The molecule has 0 aliphatic carbocycles. The summed E-state index contributed by atoms with van der Waals surface area (Å²) in [5, 5.41) is -0.116. The maximum atomic E-state index is 12.5. The van der Waals surface area contributed by atoms with Gasteiger partial charge in [-0.2, -0.15) is 0 Å². The number of anilines is 1. The summed E-state index contributed by atoms with van der Waals surface area (Å²) in [5.41, 5.74) is 3.12. The number of carbonyl (C=O) groups excluding carboxylic acids is 1. The highest BCUT2D eigenvalue weighted by Crippen LogP contribution is 2.45. The highest BCUT2D eigenvalue weighted by atomic mass is 32.2. The van der Waals surface area contributed by atoms with Crippen LogP contribution in [-0.2, 0) is 11.2 Å². The molecule has 0 bridgehead atoms. The summed E-state index contributed by atoms with van der Waals surface area (Å²) in [6.07, 6.45) is 0.982. The first-order chi connectivity index (χ1) is 11.7. The first kappa shape index (κ1) is 16.7. The third kappa shape index (κ3) is 3.08. The van der Waals surface area contributed by atoms with E-state index in [-0.39, 0.29) is 11.3 Å². The average molecular weight is 343 g/mol. The van der Waals surface area contributed by atoms with E-state index < -0.39 is 0 Å². The number of hydrogen-bond acceptors (Lipinski definition) is 4. The fraction of sp³-hybridized carbons (Fsp3) is 0.316. The molecular weight excluding hydrogens is 322 g/mol. The van der Waals surface area contributed by atoms with Gasteiger partial charge in [-0.05, 0) is 42.3 Å². The number of benzene rings is 2. The van der Waals surface area contributed by atoms with Gasteiger partial charge in [-0.3, -0.25) is 9.69 Å². The second kappa shape index (κ2) is 7.18. The molecular formula is C19H21NO3S. The van der Waals surface area contributed by atoms with Crippen LogP contribution in [0.1, 0.15) is 23.4 Å². The van der Waals surface area contributed by atoms with Crippen LogP contribution in [0.4, 0.5) is 5.69 Å². The Balaban J connectivity index is 2.01. The number of ether oxygens (including phenoxy) is 2. The van der Waals surface area contributed by atoms with Crippen molar-refractivity contribution in [2.45, 2.75) is 18.7 Å². The zero-order chi connectivity index (χ0) is 17.1. The summed E-state index contributed by atoms with van der Waals surface area (Å²) >= 11 is 1.61. The van der Waals surface area contributed by atoms with Crippen molar-refractivity contribution in [1.29, 1.82) is 0 Å². The fourth-order valence-electron chi connectivity index (χ4n) is 2.86. The van der Waals surface area contributed by atoms with Crippen LogP contribution in [-0.4, -0.2) is 25.9 Å². The minimum Gasteiger partial charge on any atom is -0.497 e. The number of thioether (sulfide) groups is 1. The third-order valence-electron chi connectivity index (χ3n) is 4.19. The van der Waals surface area contributed by atoms with Gasteiger partial charge >= 0.3 is 0 Å². The van der Waals surface area contributed by atoms with Crippen molar-refractivity contribution in [3.05, 3.63) is 53.6 Å². The number of hydrogen-bond donors (Lipinski definition) is 0. The Labute approximate surface area is 146 Å². The number of carbonyl (C=O) groups is 1. The largest absolute Gasteiger partial charge is 0.497 e. The Morgan fingerprint density at radius 1 is 1.12 bits per heavy atom. The lowest BCUT2D eigenvalue weighted by Crippen LogP contribution is -2.28. The van der Waals surface area contributed by atoms with E-state index in [1.807, 2.05) is 35.2 Å². The maximum absolute atomic E-state index is 12.5. The van der Waals surface area contributed by atoms with Crippen LogP contribution in [0.2, 0.25) is 0 Å². The molecule has 0 aromatic heterocycles. The molecule has 0 saturated carbocycles. The molecule has 1 saturated heterocycles. The number of amides is 1. The van der Waals surface area contributed by atoms with Crippen LogP contribution in [0.5, 0.6) is 11.5 Å². The molecule has 1 heterocycles. The van der Waals surface area contributed by atoms with Gasteiger partial charge in [0, 0.05) is 11.3 Å². The lowest BCUT2D eigenvalue weighted by Gasteiger charge is -2.26. The van der Waals surface area contributed by atoms with Gasteiger partial charge in [0.15, 0.2) is 0 Å². The lowest BCUT2D eigenvalue weighted by molar-refractivity contribution is -0.115. The van der Waals surface area contributed by atoms with Gasteiger partial charge in [-0.1, -0.05) is 19.1 Å². The molecule has 2 aromatic rings. The molecule has 1 amide bonds. The molecule has 1 aliphatic heterocycles. The summed E-state index contributed by atoms with van der Waals surface area (Å²) in [5.74, 6) is 2.09. The monoisotopic (exact) mass is 343 g/mol. The van der Waals surface area contributed by atoms with E-state index in [1.165, 1.54) is 5.56 Å². The topological polar surface area (TPSA) is 38.8 Å². The Morgan fingerprint density at radius 3 is 2.50 bits per heavy atom. The van der Waals surface area contributed by atoms with Gasteiger partial charge in [-0.15, -0.1) is 11.8 Å². The first-order valence-electron chi connectivity index (χ1n) is 7.92. The normalized spacial score (nSPS) is 17.2. The van der Waals surface area contributed by atoms with Crippen LogP contribution in [0.25, 0.3) is 0 Å². The van der Waals surface area contributed by atoms with E-state index in [2.05, 4.69) is 19.1 Å². The van der Waals surface area contributed by atoms with Gasteiger partial charge < -0.3 is 9.47 Å². The standard InChI is InChI=1S/C19H21NO3S/c1-4-13-5-7-14(8-6-13)20-18(21)12-24-19(20)16-11-15(22-2)9-10-17(16)23-3/h5-11,19H,4,12H2,1-3H3. The average Bonchev–Trinajstić information content (AvgIpc) is 3.02. The van der Waals surface area contributed by atoms with Gasteiger partial charge in [0.1, 0.15) is 16.9 Å². The van der Waals surface area contributed by atoms with Gasteiger partial charge in [0.05, 0.1) is 20.0 Å². The van der Waals surface area contributed by atoms with E-state index in [0.717, 1.165) is 29.2 Å². The van der Waals surface area contributed by atoms with E-state index in [1.54, 1.807) is 26.0 Å². The Hall–Kier alpha value is -2.14. The van der Waals surface area contributed by atoms with Gasteiger partial charge in [-0.25, -0.2) is 0 Å². The first-order valence-corrected chi connectivity index (χ1v) is 8.97. The molecule has 0 spiro atoms. The van der Waals surface area contributed by atoms with Crippen molar-refractivity contribution in [2.75, 3.05) is 24.9 Å². The van der Waals surface area contributed by atoms with E-state index in [0.29, 0.717) is 5.75 Å². The summed E-state index contributed by atoms with van der Waals surface area (Å²) in [4.78, 5) is 14.3. The molecule has 0 radical (unpaired) electrons. The molecule has 0 N–H and O–H groups in total. The Morgan fingerprint density at radius 2 is 1.88 bits per heavy atom. The number of aryl methyl sites for hydroxylation is 1. The molecule has 1 aliphatic rings. The van der Waals surface area contributed by atoms with Crippen molar-refractivity contribution in [2.24, 2.45) is 0 Å². The Kier molecular flexibility index (Phi) is 5.00. The van der Waals surface area contributed by atoms with E-state index in [4.69, 9.17) is 9.47 Å². The highest BCUT2D eigenvalue weighted by molar-refractivity contribution is 8.00. The smallest absolute Gasteiger partial charge is 0.238 e. The maximum Gasteiger partial charge on any atom is 0.238 e. The van der Waals surface area contributed by atoms with Gasteiger partial charge in [0.25, 0.3) is 0 Å². The minimum atomic E-state index is -0.116. The lowest BCUT2D eigenvalue weighted by atomic mass is 10.1. The van der Waals surface area contributed by atoms with Crippen molar-refractivity contribution in [1.82, 2.24) is 0 Å². The highest BCUT2D eigenvalue weighted by Gasteiger charge is 2.35. The van der Waals surface area contributed by atoms with Crippen LogP contribution in [0.3, 0.4) is 0 Å². The molecule has 1 fully saturated rings. The van der Waals surface area contributed by atoms with E-state index in [9.17, 15) is 4.79 Å². The zero-order valence-corrected chi connectivity index (χ0v) is 14.9. The molecule has 4 nitrogen and oxygen atoms in total. The van der Waals surface area contributed by atoms with Crippen molar-refractivity contribution in [3.8, 4) is 11.5 Å². The van der Waals surface area contributed by atoms with Crippen LogP contribution < -0.4 is 14.4 Å². The molecule has 126 valence electrons. The predicted molar refractivity (Wildman–Crippen MR) is 98.1 cm³/mol. The predicted octanol–water partition coefficient (Wildman–Crippen LogP) is 4.04. The van der Waals surface area contributed by atoms with Crippen LogP contribution >= 0.6 is 11.8 Å². The molecule has 1 atom stereocenters. The molecule has 1 unspecified atom stereocenters. The SMILES string of the molecule is CCc1ccc(N2C(=O)CSC2c2cc(OC)ccc2OC)cc1. The van der Waals surface area contributed by atoms with Crippen LogP contribution in [0.15, 0.2) is 42.5 Å². The molecule has 2 aromatic carbocycles. The fourth-order valence-corrected chi connectivity index (χ4v) is 4.05. The second-order valence-electron chi connectivity index (χ2n) is 5.55. The minimum absolute atomic E-state index is 0.110. The Bertz CT molecular complexity index is 730. The zero-order valence-electron chi connectivity index (χ0n) is 14.1. The molecule has 3 rings (SSSR count). The summed E-state index contributed by atoms with van der Waals surface area (Å²) in [6, 6.07) is 13.9. The summed E-state index contributed by atoms with van der Waals surface area (Å²) < 4.78 is 10.9. The quantitative estimate of drug-likeness (QED) is 0.821. The second-order valence-corrected chi connectivity index (χ2v) is 6.62. The number of nitrogens with zero attached hydrogens (tertiary/aromatic N) is 1. The third-order valence-corrected chi connectivity index (χ3v) is 5.39. The number of methoxy groups -OCH3 is 2.